The molecule has 0 aliphatic carbocycles. The summed E-state index contributed by atoms with van der Waals surface area (Å²) in [5.41, 5.74) is 0.0514. The number of aliphatic carboxylic acids is 1. The first-order valence-corrected chi connectivity index (χ1v) is 13.1. The SMILES string of the molecule is CC(NC(=O)CN1CCNCC1)[C@H]1C(=O)N2C(C(=O)O)=C(S[C@@H]3CN[C@H](C(=O)N(C)C)C3)[C@H](C)[C@H]12. The largest absolute Gasteiger partial charge is 0.477 e. The van der Waals surface area contributed by atoms with Gasteiger partial charge < -0.3 is 30.9 Å². The van der Waals surface area contributed by atoms with Gasteiger partial charge in [0.05, 0.1) is 24.5 Å². The molecule has 1 unspecified atom stereocenters. The van der Waals surface area contributed by atoms with E-state index in [9.17, 15) is 24.3 Å². The highest BCUT2D eigenvalue weighted by molar-refractivity contribution is 8.03. The number of carboxylic acid groups (broad SMARTS) is 1. The van der Waals surface area contributed by atoms with Crippen molar-refractivity contribution in [2.24, 2.45) is 11.8 Å². The van der Waals surface area contributed by atoms with Crippen molar-refractivity contribution < 1.29 is 24.3 Å². The summed E-state index contributed by atoms with van der Waals surface area (Å²) in [6, 6.07) is -0.971. The number of carbonyl (C=O) groups excluding carboxylic acids is 3. The summed E-state index contributed by atoms with van der Waals surface area (Å²) >= 11 is 1.46. The van der Waals surface area contributed by atoms with Crippen LogP contribution in [0, 0.1) is 11.8 Å². The maximum Gasteiger partial charge on any atom is 0.353 e. The van der Waals surface area contributed by atoms with E-state index in [-0.39, 0.29) is 53.2 Å². The zero-order chi connectivity index (χ0) is 25.4. The molecule has 6 atom stereocenters. The zero-order valence-electron chi connectivity index (χ0n) is 20.7. The quantitative estimate of drug-likeness (QED) is 0.296. The van der Waals surface area contributed by atoms with Crippen LogP contribution in [0.15, 0.2) is 10.6 Å². The van der Waals surface area contributed by atoms with Gasteiger partial charge in [0.15, 0.2) is 0 Å². The predicted molar refractivity (Wildman–Crippen MR) is 131 cm³/mol. The van der Waals surface area contributed by atoms with Crippen LogP contribution in [0.1, 0.15) is 20.3 Å². The molecule has 11 nitrogen and oxygen atoms in total. The van der Waals surface area contributed by atoms with Crippen LogP contribution in [0.4, 0.5) is 0 Å². The topological polar surface area (TPSA) is 134 Å². The van der Waals surface area contributed by atoms with Gasteiger partial charge in [-0.15, -0.1) is 11.8 Å². The molecule has 0 bridgehead atoms. The molecule has 3 fully saturated rings. The summed E-state index contributed by atoms with van der Waals surface area (Å²) in [6.45, 7) is 7.98. The fraction of sp³-hybridized carbons (Fsp3) is 0.739. The highest BCUT2D eigenvalue weighted by Gasteiger charge is 2.60. The van der Waals surface area contributed by atoms with E-state index in [1.807, 2.05) is 13.8 Å². The summed E-state index contributed by atoms with van der Waals surface area (Å²) in [6.07, 6.45) is 0.603. The molecule has 4 rings (SSSR count). The summed E-state index contributed by atoms with van der Waals surface area (Å²) in [5.74, 6) is -2.11. The summed E-state index contributed by atoms with van der Waals surface area (Å²) in [7, 11) is 3.43. The molecule has 0 saturated carbocycles. The molecule has 12 heteroatoms. The minimum absolute atomic E-state index is 0.00412. The number of thioether (sulfide) groups is 1. The van der Waals surface area contributed by atoms with E-state index in [1.165, 1.54) is 16.7 Å². The van der Waals surface area contributed by atoms with Crippen molar-refractivity contribution in [2.75, 3.05) is 53.4 Å². The van der Waals surface area contributed by atoms with E-state index in [0.717, 1.165) is 26.2 Å². The molecule has 4 aliphatic rings. The average Bonchev–Trinajstić information content (AvgIpc) is 3.35. The number of fused-ring (bicyclic) bond motifs is 1. The Morgan fingerprint density at radius 3 is 2.57 bits per heavy atom. The summed E-state index contributed by atoms with van der Waals surface area (Å²) in [5, 5.41) is 19.5. The Labute approximate surface area is 210 Å². The Kier molecular flexibility index (Phi) is 7.74. The van der Waals surface area contributed by atoms with Crippen molar-refractivity contribution in [1.82, 2.24) is 30.7 Å². The Balaban J connectivity index is 1.41. The third-order valence-corrected chi connectivity index (χ3v) is 8.93. The Morgan fingerprint density at radius 2 is 1.94 bits per heavy atom. The lowest BCUT2D eigenvalue weighted by Crippen LogP contribution is -2.66. The maximum absolute atomic E-state index is 13.1. The number of nitrogens with zero attached hydrogens (tertiary/aromatic N) is 3. The van der Waals surface area contributed by atoms with Crippen LogP contribution in [0.3, 0.4) is 0 Å². The standard InChI is InChI=1S/C23H36N6O5S/c1-12-18-17(13(2)26-16(30)11-28-7-5-24-6-8-28)22(32)29(18)19(23(33)34)20(12)35-14-9-15(25-10-14)21(31)27(3)4/h12-15,17-18,24-25H,5-11H2,1-4H3,(H,26,30)(H,33,34)/t12-,13?,14+,15+,17-,18-/m1/s1. The number of hydrogen-bond acceptors (Lipinski definition) is 8. The van der Waals surface area contributed by atoms with E-state index in [4.69, 9.17) is 0 Å². The van der Waals surface area contributed by atoms with Gasteiger partial charge in [0.1, 0.15) is 5.70 Å². The van der Waals surface area contributed by atoms with Crippen LogP contribution >= 0.6 is 11.8 Å². The first-order valence-electron chi connectivity index (χ1n) is 12.2. The van der Waals surface area contributed by atoms with Crippen molar-refractivity contribution >= 4 is 35.5 Å². The minimum atomic E-state index is -1.11. The molecular weight excluding hydrogens is 472 g/mol. The van der Waals surface area contributed by atoms with Gasteiger partial charge in [-0.2, -0.15) is 0 Å². The molecule has 0 aromatic carbocycles. The predicted octanol–water partition coefficient (Wildman–Crippen LogP) is -1.28. The van der Waals surface area contributed by atoms with Crippen molar-refractivity contribution in [3.63, 3.8) is 0 Å². The van der Waals surface area contributed by atoms with Gasteiger partial charge in [-0.1, -0.05) is 6.92 Å². The number of hydrogen-bond donors (Lipinski definition) is 4. The maximum atomic E-state index is 13.1. The van der Waals surface area contributed by atoms with Crippen LogP contribution in [-0.2, 0) is 19.2 Å². The van der Waals surface area contributed by atoms with Crippen LogP contribution < -0.4 is 16.0 Å². The number of carbonyl (C=O) groups is 4. The van der Waals surface area contributed by atoms with E-state index in [1.54, 1.807) is 19.0 Å². The lowest BCUT2D eigenvalue weighted by atomic mass is 9.78. The molecule has 0 radical (unpaired) electrons. The van der Waals surface area contributed by atoms with Gasteiger partial charge in [0.25, 0.3) is 0 Å². The van der Waals surface area contributed by atoms with Crippen molar-refractivity contribution in [3.8, 4) is 0 Å². The number of nitrogens with one attached hydrogen (secondary N) is 3. The molecule has 0 spiro atoms. The van der Waals surface area contributed by atoms with Crippen molar-refractivity contribution in [2.45, 2.75) is 43.6 Å². The minimum Gasteiger partial charge on any atom is -0.477 e. The molecule has 3 amide bonds. The molecule has 4 N–H and O–H groups in total. The fourth-order valence-electron chi connectivity index (χ4n) is 5.63. The number of likely N-dealkylation sites (N-methyl/N-ethyl adjacent to an activating group) is 1. The first-order chi connectivity index (χ1) is 16.6. The van der Waals surface area contributed by atoms with Crippen LogP contribution in [-0.4, -0.2) is 120 Å². The monoisotopic (exact) mass is 508 g/mol. The van der Waals surface area contributed by atoms with Crippen LogP contribution in [0.2, 0.25) is 0 Å². The molecule has 4 aliphatic heterocycles. The Bertz CT molecular complexity index is 920. The van der Waals surface area contributed by atoms with E-state index in [0.29, 0.717) is 17.9 Å². The molecule has 194 valence electrons. The number of piperazine rings is 1. The van der Waals surface area contributed by atoms with Gasteiger partial charge in [-0.3, -0.25) is 19.3 Å². The highest BCUT2D eigenvalue weighted by atomic mass is 32.2. The van der Waals surface area contributed by atoms with E-state index in [2.05, 4.69) is 20.9 Å². The molecular formula is C23H36N6O5S. The van der Waals surface area contributed by atoms with Crippen molar-refractivity contribution in [3.05, 3.63) is 10.6 Å². The molecule has 0 aromatic heterocycles. The lowest BCUT2D eigenvalue weighted by Gasteiger charge is -2.47. The Morgan fingerprint density at radius 1 is 1.26 bits per heavy atom. The fourth-order valence-corrected chi connectivity index (χ4v) is 7.11. The highest BCUT2D eigenvalue weighted by Crippen LogP contribution is 2.51. The van der Waals surface area contributed by atoms with Gasteiger partial charge in [-0.25, -0.2) is 4.79 Å². The molecule has 35 heavy (non-hydrogen) atoms. The van der Waals surface area contributed by atoms with E-state index >= 15 is 0 Å². The normalized spacial score (nSPS) is 31.7. The van der Waals surface area contributed by atoms with Crippen LogP contribution in [0.25, 0.3) is 0 Å². The van der Waals surface area contributed by atoms with E-state index < -0.39 is 17.9 Å². The number of amides is 3. The molecule has 3 saturated heterocycles. The zero-order valence-corrected chi connectivity index (χ0v) is 21.6. The number of carboxylic acids is 1. The average molecular weight is 509 g/mol. The second-order valence-corrected chi connectivity index (χ2v) is 11.4. The molecule has 0 aromatic rings. The second kappa shape index (κ2) is 10.5. The second-order valence-electron chi connectivity index (χ2n) is 10.1. The number of β-lactam (4-membered cyclic amide) rings is 1. The number of rotatable bonds is 8. The van der Waals surface area contributed by atoms with Gasteiger partial charge >= 0.3 is 5.97 Å². The van der Waals surface area contributed by atoms with Gasteiger partial charge in [0, 0.05) is 68.9 Å². The van der Waals surface area contributed by atoms with Gasteiger partial charge in [0.2, 0.25) is 17.7 Å². The Hall–Kier alpha value is -2.15. The molecule has 4 heterocycles. The first kappa shape index (κ1) is 25.9. The van der Waals surface area contributed by atoms with Crippen LogP contribution in [0.5, 0.6) is 0 Å². The van der Waals surface area contributed by atoms with Gasteiger partial charge in [-0.05, 0) is 13.3 Å². The third-order valence-electron chi connectivity index (χ3n) is 7.42. The van der Waals surface area contributed by atoms with Crippen molar-refractivity contribution in [1.29, 1.82) is 0 Å². The summed E-state index contributed by atoms with van der Waals surface area (Å²) in [4.78, 5) is 55.9. The lowest BCUT2D eigenvalue weighted by molar-refractivity contribution is -0.158. The smallest absolute Gasteiger partial charge is 0.353 e. The third kappa shape index (κ3) is 5.07. The summed E-state index contributed by atoms with van der Waals surface area (Å²) < 4.78 is 0.